The fourth-order valence-corrected chi connectivity index (χ4v) is 7.04. The maximum atomic E-state index is 12.8. The number of nitrogens with zero attached hydrogens (tertiary/aromatic N) is 5. The molecule has 17 nitrogen and oxygen atoms in total. The van der Waals surface area contributed by atoms with Crippen molar-refractivity contribution in [3.05, 3.63) is 41.5 Å². The van der Waals surface area contributed by atoms with Crippen molar-refractivity contribution in [1.29, 1.82) is 5.41 Å². The summed E-state index contributed by atoms with van der Waals surface area (Å²) in [5.41, 5.74) is 0.645. The molecule has 2 amide bonds. The molecule has 310 valence electrons. The molecule has 0 saturated carbocycles. The van der Waals surface area contributed by atoms with Crippen LogP contribution in [-0.4, -0.2) is 109 Å². The van der Waals surface area contributed by atoms with E-state index >= 15 is 0 Å². The second-order valence-corrected chi connectivity index (χ2v) is 18.4. The van der Waals surface area contributed by atoms with E-state index in [-0.39, 0.29) is 36.5 Å². The molecular weight excluding hydrogens is 741 g/mol. The van der Waals surface area contributed by atoms with Crippen LogP contribution >= 0.6 is 7.82 Å². The molecular formula is C38H60N9O8P. The van der Waals surface area contributed by atoms with Gasteiger partial charge in [-0.1, -0.05) is 11.1 Å². The Balaban J connectivity index is 1.22. The van der Waals surface area contributed by atoms with E-state index in [2.05, 4.69) is 63.9 Å². The predicted octanol–water partition coefficient (Wildman–Crippen LogP) is 3.77. The average Bonchev–Trinajstić information content (AvgIpc) is 3.68. The zero-order valence-electron chi connectivity index (χ0n) is 34.2. The van der Waals surface area contributed by atoms with Gasteiger partial charge in [0.2, 0.25) is 5.91 Å². The third-order valence-corrected chi connectivity index (χ3v) is 9.63. The third-order valence-electron chi connectivity index (χ3n) is 8.37. The van der Waals surface area contributed by atoms with Crippen LogP contribution in [0.3, 0.4) is 0 Å². The van der Waals surface area contributed by atoms with Crippen LogP contribution in [-0.2, 0) is 40.8 Å². The van der Waals surface area contributed by atoms with Crippen molar-refractivity contribution in [3.8, 4) is 11.8 Å². The number of phosphoric ester groups is 1. The number of phosphoric acid groups is 1. The van der Waals surface area contributed by atoms with Crippen LogP contribution < -0.4 is 16.0 Å². The smallest absolute Gasteiger partial charge is 0.370 e. The molecule has 5 atom stereocenters. The number of ether oxygens (including phenoxy) is 2. The number of amides is 2. The van der Waals surface area contributed by atoms with E-state index in [9.17, 15) is 19.0 Å². The van der Waals surface area contributed by atoms with Crippen molar-refractivity contribution in [2.75, 3.05) is 26.2 Å². The molecule has 0 bridgehead atoms. The molecule has 2 aliphatic rings. The highest BCUT2D eigenvalue weighted by molar-refractivity contribution is 7.47. The van der Waals surface area contributed by atoms with E-state index in [0.717, 1.165) is 24.2 Å². The molecule has 2 aromatic heterocycles. The number of hydrogen-bond donors (Lipinski definition) is 5. The molecule has 4 rings (SSSR count). The maximum absolute atomic E-state index is 12.8. The number of rotatable bonds is 16. The summed E-state index contributed by atoms with van der Waals surface area (Å²) in [6, 6.07) is 3.56. The first-order valence-electron chi connectivity index (χ1n) is 19.1. The number of guanidine groups is 1. The van der Waals surface area contributed by atoms with Crippen LogP contribution in [0.1, 0.15) is 110 Å². The molecule has 0 aliphatic carbocycles. The van der Waals surface area contributed by atoms with Gasteiger partial charge in [0.25, 0.3) is 5.91 Å². The van der Waals surface area contributed by atoms with E-state index in [1.165, 1.54) is 0 Å². The Labute approximate surface area is 330 Å². The molecule has 2 aliphatic heterocycles. The predicted molar refractivity (Wildman–Crippen MR) is 209 cm³/mol. The quantitative estimate of drug-likeness (QED) is 0.0930. The molecule has 18 heteroatoms. The number of aromatic nitrogens is 4. The Hall–Kier alpha value is -3.75. The van der Waals surface area contributed by atoms with E-state index in [0.29, 0.717) is 44.5 Å². The minimum Gasteiger partial charge on any atom is -0.370 e. The lowest BCUT2D eigenvalue weighted by Crippen LogP contribution is -2.57. The Morgan fingerprint density at radius 1 is 1.11 bits per heavy atom. The SMILES string of the molecule is CC(C)(C)NCCNC(=O)c1ccc(Cn2cc(CCCCC#CC3CN([C@H]4CC(OC(C)(C)C)C(COP(=O)(O)OC(C)(C)C)O4)C(=N)NC3=O)nn2)nc1. The van der Waals surface area contributed by atoms with E-state index in [1.807, 2.05) is 33.0 Å². The second kappa shape index (κ2) is 19.1. The number of pyridine rings is 1. The van der Waals surface area contributed by atoms with Gasteiger partial charge in [0.05, 0.1) is 47.4 Å². The van der Waals surface area contributed by atoms with Gasteiger partial charge in [-0.3, -0.25) is 34.3 Å². The van der Waals surface area contributed by atoms with Crippen LogP contribution in [0.25, 0.3) is 0 Å². The largest absolute Gasteiger partial charge is 0.472 e. The lowest BCUT2D eigenvalue weighted by molar-refractivity contribution is -0.127. The van der Waals surface area contributed by atoms with E-state index in [1.54, 1.807) is 42.6 Å². The minimum absolute atomic E-state index is 0.00987. The number of nitrogens with one attached hydrogen (secondary N) is 4. The van der Waals surface area contributed by atoms with Crippen LogP contribution in [0.4, 0.5) is 0 Å². The van der Waals surface area contributed by atoms with Gasteiger partial charge in [-0.15, -0.1) is 11.0 Å². The highest BCUT2D eigenvalue weighted by atomic mass is 31.2. The van der Waals surface area contributed by atoms with Gasteiger partial charge in [0, 0.05) is 50.4 Å². The van der Waals surface area contributed by atoms with E-state index < -0.39 is 43.4 Å². The molecule has 2 aromatic rings. The lowest BCUT2D eigenvalue weighted by atomic mass is 10.0. The highest BCUT2D eigenvalue weighted by Crippen LogP contribution is 2.48. The van der Waals surface area contributed by atoms with Crippen molar-refractivity contribution in [3.63, 3.8) is 0 Å². The molecule has 0 radical (unpaired) electrons. The standard InChI is InChI=1S/C38H60N9O8P/c1-36(2,3)42-19-18-40-33(48)26-16-17-28(41-21-26)23-46-24-29(44-45-46)15-13-11-10-12-14-27-22-47(35(39)43-34(27)49)32-20-30(54-37(4,5)6)31(53-32)25-52-56(50,51)55-38(7,8)9/h16-17,21,24,27,30-32,42H,10-11,13,15,18-20,22-23,25H2,1-9H3,(H,40,48)(H,50,51)(H2,39,43,49)/t27?,30?,31?,32-/m1/s1. The first kappa shape index (κ1) is 45.0. The number of unbranched alkanes of at least 4 members (excludes halogenated alkanes) is 2. The summed E-state index contributed by atoms with van der Waals surface area (Å²) in [7, 11) is -4.38. The molecule has 2 saturated heterocycles. The minimum atomic E-state index is -4.38. The topological polar surface area (TPSA) is 215 Å². The fraction of sp³-hybridized carbons (Fsp3) is 0.684. The molecule has 4 unspecified atom stereocenters. The molecule has 4 heterocycles. The number of carbonyl (C=O) groups excluding carboxylic acids is 2. The summed E-state index contributed by atoms with van der Waals surface area (Å²) in [5.74, 6) is 4.88. The first-order chi connectivity index (χ1) is 26.1. The summed E-state index contributed by atoms with van der Waals surface area (Å²) in [6.45, 7) is 18.4. The number of aryl methyl sites for hydroxylation is 1. The summed E-state index contributed by atoms with van der Waals surface area (Å²) >= 11 is 0. The summed E-state index contributed by atoms with van der Waals surface area (Å²) in [4.78, 5) is 41.5. The van der Waals surface area contributed by atoms with Gasteiger partial charge in [-0.25, -0.2) is 9.25 Å². The zero-order chi connectivity index (χ0) is 41.3. The maximum Gasteiger partial charge on any atom is 0.472 e. The van der Waals surface area contributed by atoms with Gasteiger partial charge >= 0.3 is 7.82 Å². The van der Waals surface area contributed by atoms with Crippen molar-refractivity contribution < 1.29 is 37.6 Å². The number of carbonyl (C=O) groups is 2. The van der Waals surface area contributed by atoms with Gasteiger partial charge < -0.3 is 29.9 Å². The normalized spacial score (nSPS) is 21.6. The first-order valence-corrected chi connectivity index (χ1v) is 20.6. The number of hydrogen-bond acceptors (Lipinski definition) is 12. The third kappa shape index (κ3) is 15.3. The Bertz CT molecular complexity index is 1750. The van der Waals surface area contributed by atoms with Gasteiger partial charge in [0.15, 0.2) is 5.96 Å². The molecule has 0 aromatic carbocycles. The fourth-order valence-electron chi connectivity index (χ4n) is 5.96. The highest BCUT2D eigenvalue weighted by Gasteiger charge is 2.45. The average molecular weight is 802 g/mol. The van der Waals surface area contributed by atoms with E-state index in [4.69, 9.17) is 23.9 Å². The Morgan fingerprint density at radius 3 is 2.52 bits per heavy atom. The van der Waals surface area contributed by atoms with Crippen molar-refractivity contribution in [2.45, 2.75) is 136 Å². The summed E-state index contributed by atoms with van der Waals surface area (Å²) in [5, 5.41) is 25.8. The Kier molecular flexibility index (Phi) is 15.4. The Morgan fingerprint density at radius 2 is 1.86 bits per heavy atom. The van der Waals surface area contributed by atoms with Gasteiger partial charge in [-0.05, 0) is 93.7 Å². The molecule has 0 spiro atoms. The van der Waals surface area contributed by atoms with Crippen molar-refractivity contribution in [1.82, 2.24) is 40.8 Å². The molecule has 5 N–H and O–H groups in total. The zero-order valence-corrected chi connectivity index (χ0v) is 35.1. The summed E-state index contributed by atoms with van der Waals surface area (Å²) in [6.07, 6.45) is 4.79. The van der Waals surface area contributed by atoms with Gasteiger partial charge in [-0.2, -0.15) is 0 Å². The lowest BCUT2D eigenvalue weighted by Gasteiger charge is -2.36. The van der Waals surface area contributed by atoms with Crippen LogP contribution in [0.15, 0.2) is 24.5 Å². The van der Waals surface area contributed by atoms with Gasteiger partial charge in [0.1, 0.15) is 18.2 Å². The molecule has 56 heavy (non-hydrogen) atoms. The van der Waals surface area contributed by atoms with Crippen molar-refractivity contribution >= 4 is 25.6 Å². The monoisotopic (exact) mass is 801 g/mol. The summed E-state index contributed by atoms with van der Waals surface area (Å²) < 4.78 is 37.2. The van der Waals surface area contributed by atoms with Crippen LogP contribution in [0.2, 0.25) is 0 Å². The van der Waals surface area contributed by atoms with Crippen molar-refractivity contribution in [2.24, 2.45) is 5.92 Å². The van der Waals surface area contributed by atoms with Crippen LogP contribution in [0.5, 0.6) is 0 Å². The molecule has 2 fully saturated rings. The van der Waals surface area contributed by atoms with Crippen LogP contribution in [0, 0.1) is 23.2 Å². The second-order valence-electron chi connectivity index (χ2n) is 17.1.